The summed E-state index contributed by atoms with van der Waals surface area (Å²) in [4.78, 5) is 22.2. The van der Waals surface area contributed by atoms with E-state index in [-0.39, 0.29) is 23.2 Å². The van der Waals surface area contributed by atoms with Crippen LogP contribution in [0.4, 0.5) is 5.13 Å². The molecule has 0 radical (unpaired) electrons. The Bertz CT molecular complexity index is 1200. The molecule has 1 aliphatic rings. The van der Waals surface area contributed by atoms with Crippen LogP contribution in [0, 0.1) is 5.92 Å². The molecule has 0 bridgehead atoms. The highest BCUT2D eigenvalue weighted by Crippen LogP contribution is 2.30. The van der Waals surface area contributed by atoms with Crippen molar-refractivity contribution in [2.75, 3.05) is 45.2 Å². The second-order valence-corrected chi connectivity index (χ2v) is 12.1. The van der Waals surface area contributed by atoms with Crippen LogP contribution in [0.2, 0.25) is 0 Å². The molecule has 190 valence electrons. The summed E-state index contributed by atoms with van der Waals surface area (Å²) in [6, 6.07) is 14.2. The van der Waals surface area contributed by atoms with E-state index in [9.17, 15) is 13.2 Å². The van der Waals surface area contributed by atoms with Gasteiger partial charge in [0.15, 0.2) is 5.13 Å². The third kappa shape index (κ3) is 6.40. The Balaban J connectivity index is 0.00000342. The molecule has 1 saturated heterocycles. The molecule has 35 heavy (non-hydrogen) atoms. The van der Waals surface area contributed by atoms with Crippen LogP contribution in [-0.4, -0.2) is 68.8 Å². The van der Waals surface area contributed by atoms with Crippen LogP contribution in [0.5, 0.6) is 0 Å². The third-order valence-corrected chi connectivity index (χ3v) is 9.20. The molecule has 2 aromatic carbocycles. The van der Waals surface area contributed by atoms with Gasteiger partial charge in [-0.2, -0.15) is 4.31 Å². The lowest BCUT2D eigenvalue weighted by molar-refractivity contribution is 0.0986. The van der Waals surface area contributed by atoms with E-state index in [0.29, 0.717) is 36.2 Å². The maximum Gasteiger partial charge on any atom is 0.260 e. The Morgan fingerprint density at radius 1 is 1.06 bits per heavy atom. The number of thiazole rings is 1. The van der Waals surface area contributed by atoms with E-state index in [4.69, 9.17) is 0 Å². The molecule has 0 saturated carbocycles. The van der Waals surface area contributed by atoms with Gasteiger partial charge in [-0.15, -0.1) is 12.4 Å². The number of hydrogen-bond acceptors (Lipinski definition) is 6. The first-order chi connectivity index (χ1) is 16.3. The van der Waals surface area contributed by atoms with E-state index >= 15 is 0 Å². The lowest BCUT2D eigenvalue weighted by Crippen LogP contribution is -2.38. The van der Waals surface area contributed by atoms with Gasteiger partial charge < -0.3 is 4.90 Å². The average molecular weight is 537 g/mol. The van der Waals surface area contributed by atoms with Gasteiger partial charge in [0.1, 0.15) is 0 Å². The number of para-hydroxylation sites is 1. The van der Waals surface area contributed by atoms with Gasteiger partial charge >= 0.3 is 0 Å². The summed E-state index contributed by atoms with van der Waals surface area (Å²) in [5.41, 5.74) is 1.32. The Hall–Kier alpha value is -2.04. The van der Waals surface area contributed by atoms with Crippen molar-refractivity contribution in [3.8, 4) is 0 Å². The van der Waals surface area contributed by atoms with Gasteiger partial charge in [0.05, 0.1) is 15.1 Å². The number of piperidine rings is 1. The lowest BCUT2D eigenvalue weighted by Gasteiger charge is -2.29. The highest BCUT2D eigenvalue weighted by atomic mass is 35.5. The topological polar surface area (TPSA) is 73.8 Å². The Morgan fingerprint density at radius 3 is 2.34 bits per heavy atom. The van der Waals surface area contributed by atoms with Gasteiger partial charge in [-0.1, -0.05) is 30.4 Å². The Labute approximate surface area is 218 Å². The van der Waals surface area contributed by atoms with Crippen molar-refractivity contribution >= 4 is 55.0 Å². The molecule has 1 aliphatic heterocycles. The normalized spacial score (nSPS) is 15.3. The summed E-state index contributed by atoms with van der Waals surface area (Å²) in [6.45, 7) is 4.62. The van der Waals surface area contributed by atoms with Crippen molar-refractivity contribution < 1.29 is 13.2 Å². The number of nitrogens with zero attached hydrogens (tertiary/aromatic N) is 4. The van der Waals surface area contributed by atoms with Crippen molar-refractivity contribution in [2.45, 2.75) is 31.1 Å². The predicted octanol–water partition coefficient (Wildman–Crippen LogP) is 4.74. The minimum absolute atomic E-state index is 0. The summed E-state index contributed by atoms with van der Waals surface area (Å²) >= 11 is 1.49. The Morgan fingerprint density at radius 2 is 1.71 bits per heavy atom. The lowest BCUT2D eigenvalue weighted by atomic mass is 10.0. The predicted molar refractivity (Wildman–Crippen MR) is 145 cm³/mol. The highest BCUT2D eigenvalue weighted by Gasteiger charge is 2.28. The van der Waals surface area contributed by atoms with E-state index in [1.807, 2.05) is 38.4 Å². The molecule has 0 unspecified atom stereocenters. The zero-order valence-corrected chi connectivity index (χ0v) is 22.8. The van der Waals surface area contributed by atoms with Crippen LogP contribution in [-0.2, 0) is 10.0 Å². The van der Waals surface area contributed by atoms with E-state index in [0.717, 1.165) is 36.0 Å². The number of halogens is 1. The summed E-state index contributed by atoms with van der Waals surface area (Å²) in [7, 11) is 0.463. The monoisotopic (exact) mass is 536 g/mol. The number of carbonyl (C=O) groups is 1. The zero-order valence-electron chi connectivity index (χ0n) is 20.4. The fraction of sp³-hybridized carbons (Fsp3) is 0.440. The summed E-state index contributed by atoms with van der Waals surface area (Å²) in [5, 5.41) is 0.657. The molecule has 1 amide bonds. The third-order valence-electron chi connectivity index (χ3n) is 6.23. The molecule has 0 aliphatic carbocycles. The summed E-state index contributed by atoms with van der Waals surface area (Å²) in [6.07, 6.45) is 2.55. The van der Waals surface area contributed by atoms with Crippen LogP contribution in [0.25, 0.3) is 10.2 Å². The SMILES string of the molecule is CC1CCN(S(=O)(=O)c2ccc(C(=O)N(CCCN(C)C)c3nc4ccccc4s3)cc2)CC1.Cl. The number of rotatable bonds is 8. The minimum atomic E-state index is -3.55. The molecule has 10 heteroatoms. The van der Waals surface area contributed by atoms with Gasteiger partial charge in [0.25, 0.3) is 5.91 Å². The standard InChI is InChI=1S/C25H32N4O3S2.ClH/c1-19-13-17-28(18-14-19)34(31,32)21-11-9-20(10-12-21)24(30)29(16-6-15-27(2)3)25-26-22-7-4-5-8-23(22)33-25;/h4-5,7-12,19H,6,13-18H2,1-3H3;1H. The second kappa shape index (κ2) is 11.8. The van der Waals surface area contributed by atoms with Crippen molar-refractivity contribution in [3.63, 3.8) is 0 Å². The molecule has 0 N–H and O–H groups in total. The highest BCUT2D eigenvalue weighted by molar-refractivity contribution is 7.89. The number of benzene rings is 2. The molecule has 0 atom stereocenters. The maximum absolute atomic E-state index is 13.5. The van der Waals surface area contributed by atoms with E-state index in [2.05, 4.69) is 16.8 Å². The molecule has 1 fully saturated rings. The number of fused-ring (bicyclic) bond motifs is 1. The molecule has 1 aromatic heterocycles. The van der Waals surface area contributed by atoms with Crippen LogP contribution in [0.1, 0.15) is 36.5 Å². The molecule has 3 aromatic rings. The van der Waals surface area contributed by atoms with Crippen LogP contribution < -0.4 is 4.90 Å². The molecule has 0 spiro atoms. The number of sulfonamides is 1. The maximum atomic E-state index is 13.5. The first-order valence-corrected chi connectivity index (χ1v) is 13.9. The van der Waals surface area contributed by atoms with Crippen LogP contribution >= 0.6 is 23.7 Å². The number of amides is 1. The number of hydrogen-bond donors (Lipinski definition) is 0. The first kappa shape index (κ1) is 27.5. The van der Waals surface area contributed by atoms with E-state index < -0.39 is 10.0 Å². The van der Waals surface area contributed by atoms with Gasteiger partial charge in [-0.25, -0.2) is 13.4 Å². The molecule has 4 rings (SSSR count). The summed E-state index contributed by atoms with van der Waals surface area (Å²) in [5.74, 6) is 0.376. The largest absolute Gasteiger partial charge is 0.309 e. The number of carbonyl (C=O) groups excluding carboxylic acids is 1. The smallest absolute Gasteiger partial charge is 0.260 e. The minimum Gasteiger partial charge on any atom is -0.309 e. The van der Waals surface area contributed by atoms with Crippen molar-refractivity contribution in [2.24, 2.45) is 5.92 Å². The van der Waals surface area contributed by atoms with Gasteiger partial charge in [-0.3, -0.25) is 9.69 Å². The van der Waals surface area contributed by atoms with E-state index in [1.54, 1.807) is 33.5 Å². The van der Waals surface area contributed by atoms with Crippen LogP contribution in [0.3, 0.4) is 0 Å². The van der Waals surface area contributed by atoms with Crippen LogP contribution in [0.15, 0.2) is 53.4 Å². The fourth-order valence-electron chi connectivity index (χ4n) is 4.10. The molecule has 7 nitrogen and oxygen atoms in total. The first-order valence-electron chi connectivity index (χ1n) is 11.7. The van der Waals surface area contributed by atoms with Crippen molar-refractivity contribution in [1.82, 2.24) is 14.2 Å². The summed E-state index contributed by atoms with van der Waals surface area (Å²) < 4.78 is 28.7. The van der Waals surface area contributed by atoms with Gasteiger partial charge in [-0.05, 0) is 82.2 Å². The average Bonchev–Trinajstić information content (AvgIpc) is 3.25. The number of anilines is 1. The fourth-order valence-corrected chi connectivity index (χ4v) is 6.56. The molecular formula is C25H33ClN4O3S2. The number of aromatic nitrogens is 1. The van der Waals surface area contributed by atoms with Gasteiger partial charge in [0.2, 0.25) is 10.0 Å². The second-order valence-electron chi connectivity index (χ2n) is 9.19. The van der Waals surface area contributed by atoms with E-state index in [1.165, 1.54) is 11.3 Å². The van der Waals surface area contributed by atoms with Gasteiger partial charge in [0, 0.05) is 25.2 Å². The Kier molecular flexibility index (Phi) is 9.28. The van der Waals surface area contributed by atoms with Crippen molar-refractivity contribution in [3.05, 3.63) is 54.1 Å². The van der Waals surface area contributed by atoms with Crippen molar-refractivity contribution in [1.29, 1.82) is 0 Å². The zero-order chi connectivity index (χ0) is 24.3. The molecule has 2 heterocycles. The molecular weight excluding hydrogens is 504 g/mol. The quantitative estimate of drug-likeness (QED) is 0.416.